The molecule has 0 saturated heterocycles. The second-order valence-electron chi connectivity index (χ2n) is 12.0. The lowest BCUT2D eigenvalue weighted by atomic mass is 9.75. The summed E-state index contributed by atoms with van der Waals surface area (Å²) in [5.74, 6) is 1.92. The van der Waals surface area contributed by atoms with E-state index in [1.165, 1.54) is 0 Å². The minimum Gasteiger partial charge on any atom is -0.493 e. The fourth-order valence-electron chi connectivity index (χ4n) is 6.19. The van der Waals surface area contributed by atoms with Crippen LogP contribution in [0, 0.1) is 35.5 Å². The van der Waals surface area contributed by atoms with Crippen molar-refractivity contribution in [1.82, 2.24) is 0 Å². The maximum absolute atomic E-state index is 14.8. The number of methoxy groups -OCH3 is 2. The molecule has 0 spiro atoms. The van der Waals surface area contributed by atoms with E-state index in [9.17, 15) is 9.67 Å². The van der Waals surface area contributed by atoms with Gasteiger partial charge in [-0.2, -0.15) is 0 Å². The number of hydrogen-bond donors (Lipinski definition) is 1. The molecule has 1 aromatic carbocycles. The van der Waals surface area contributed by atoms with Crippen molar-refractivity contribution in [2.24, 2.45) is 35.5 Å². The van der Waals surface area contributed by atoms with E-state index >= 15 is 0 Å². The highest BCUT2D eigenvalue weighted by Gasteiger charge is 2.46. The average Bonchev–Trinajstić information content (AvgIpc) is 2.82. The van der Waals surface area contributed by atoms with Gasteiger partial charge in [0.1, 0.15) is 0 Å². The minimum absolute atomic E-state index is 0.215. The zero-order valence-corrected chi connectivity index (χ0v) is 24.5. The van der Waals surface area contributed by atoms with Gasteiger partial charge in [-0.15, -0.1) is 0 Å². The summed E-state index contributed by atoms with van der Waals surface area (Å²) in [6.07, 6.45) is 5.56. The first-order valence-electron chi connectivity index (χ1n) is 13.9. The Labute approximate surface area is 219 Å². The third kappa shape index (κ3) is 6.87. The summed E-state index contributed by atoms with van der Waals surface area (Å²) in [4.78, 5) is 0. The molecule has 1 unspecified atom stereocenters. The summed E-state index contributed by atoms with van der Waals surface area (Å²) < 4.78 is 38.7. The Morgan fingerprint density at radius 2 is 1.28 bits per heavy atom. The van der Waals surface area contributed by atoms with Gasteiger partial charge in [0.25, 0.3) is 0 Å². The molecular formula is C29H49O6P. The number of aliphatic hydroxyl groups excluding tert-OH is 1. The largest absolute Gasteiger partial charge is 0.493 e. The minimum atomic E-state index is -3.97. The van der Waals surface area contributed by atoms with E-state index in [0.717, 1.165) is 38.5 Å². The molecule has 2 saturated carbocycles. The van der Waals surface area contributed by atoms with Crippen LogP contribution < -0.4 is 9.47 Å². The quantitative estimate of drug-likeness (QED) is 0.314. The molecule has 36 heavy (non-hydrogen) atoms. The van der Waals surface area contributed by atoms with E-state index in [1.54, 1.807) is 32.4 Å². The van der Waals surface area contributed by atoms with E-state index < -0.39 is 13.4 Å². The molecule has 6 nitrogen and oxygen atoms in total. The van der Waals surface area contributed by atoms with Crippen molar-refractivity contribution >= 4 is 7.60 Å². The Hall–Kier alpha value is -1.07. The monoisotopic (exact) mass is 524 g/mol. The van der Waals surface area contributed by atoms with E-state index in [-0.39, 0.29) is 24.0 Å². The second-order valence-corrected chi connectivity index (χ2v) is 14.0. The van der Waals surface area contributed by atoms with E-state index in [1.807, 2.05) is 0 Å². The van der Waals surface area contributed by atoms with Gasteiger partial charge in [0.2, 0.25) is 0 Å². The Kier molecular flexibility index (Phi) is 10.4. The van der Waals surface area contributed by atoms with Gasteiger partial charge in [0.05, 0.1) is 26.4 Å². The molecule has 2 aliphatic carbocycles. The standard InChI is InChI=1S/C29H49O6P/c1-18(2)23-12-9-20(5)15-26(23)34-36(31,35-27-16-21(6)10-13-24(27)19(3)4)29(30)22-11-14-25(32-7)28(17-22)33-8/h11,14,17-21,23-24,26-27,29-30H,9-10,12-13,15-16H2,1-8H3/t20-,21-,23-,24+,26-,27-,29-,36?/m1/s1. The molecule has 0 heterocycles. The fourth-order valence-corrected chi connectivity index (χ4v) is 8.23. The molecule has 7 heteroatoms. The fraction of sp³-hybridized carbons (Fsp3) is 0.793. The first kappa shape index (κ1) is 29.5. The van der Waals surface area contributed by atoms with Gasteiger partial charge in [-0.3, -0.25) is 4.57 Å². The Balaban J connectivity index is 2.00. The maximum atomic E-state index is 14.8. The molecule has 8 atom stereocenters. The number of aliphatic hydroxyl groups is 1. The highest BCUT2D eigenvalue weighted by atomic mass is 31.2. The summed E-state index contributed by atoms with van der Waals surface area (Å²) >= 11 is 0. The lowest BCUT2D eigenvalue weighted by molar-refractivity contribution is -0.0154. The van der Waals surface area contributed by atoms with Crippen LogP contribution in [-0.4, -0.2) is 31.5 Å². The van der Waals surface area contributed by atoms with Crippen molar-refractivity contribution in [3.05, 3.63) is 23.8 Å². The van der Waals surface area contributed by atoms with Gasteiger partial charge >= 0.3 is 7.60 Å². The van der Waals surface area contributed by atoms with Crippen molar-refractivity contribution in [3.8, 4) is 11.5 Å². The van der Waals surface area contributed by atoms with E-state index in [0.29, 0.717) is 40.7 Å². The van der Waals surface area contributed by atoms with Gasteiger partial charge < -0.3 is 23.6 Å². The normalized spacial score (nSPS) is 31.8. The van der Waals surface area contributed by atoms with Crippen molar-refractivity contribution in [2.45, 2.75) is 98.1 Å². The van der Waals surface area contributed by atoms with Crippen molar-refractivity contribution in [3.63, 3.8) is 0 Å². The molecule has 1 aromatic rings. The van der Waals surface area contributed by atoms with Gasteiger partial charge in [-0.1, -0.05) is 60.5 Å². The van der Waals surface area contributed by atoms with Crippen molar-refractivity contribution < 1.29 is 28.2 Å². The van der Waals surface area contributed by atoms with Crippen LogP contribution in [0.15, 0.2) is 18.2 Å². The predicted molar refractivity (Wildman–Crippen MR) is 145 cm³/mol. The molecule has 1 N–H and O–H groups in total. The zero-order valence-electron chi connectivity index (χ0n) is 23.6. The Morgan fingerprint density at radius 1 is 0.806 bits per heavy atom. The molecular weight excluding hydrogens is 475 g/mol. The van der Waals surface area contributed by atoms with Gasteiger partial charge in [0.15, 0.2) is 17.3 Å². The van der Waals surface area contributed by atoms with Crippen molar-refractivity contribution in [1.29, 1.82) is 0 Å². The summed E-state index contributed by atoms with van der Waals surface area (Å²) in [7, 11) is -0.854. The zero-order chi connectivity index (χ0) is 26.6. The molecule has 0 radical (unpaired) electrons. The molecule has 0 amide bonds. The van der Waals surface area contributed by atoms with Gasteiger partial charge in [-0.05, 0) is 78.9 Å². The lowest BCUT2D eigenvalue weighted by Crippen LogP contribution is -2.37. The van der Waals surface area contributed by atoms with Crippen LogP contribution in [0.25, 0.3) is 0 Å². The van der Waals surface area contributed by atoms with Crippen LogP contribution >= 0.6 is 7.60 Å². The Bertz CT molecular complexity index is 849. The topological polar surface area (TPSA) is 74.2 Å². The number of hydrogen-bond acceptors (Lipinski definition) is 6. The molecule has 0 aliphatic heterocycles. The van der Waals surface area contributed by atoms with E-state index in [4.69, 9.17) is 18.5 Å². The van der Waals surface area contributed by atoms with Crippen LogP contribution in [0.5, 0.6) is 11.5 Å². The summed E-state index contributed by atoms with van der Waals surface area (Å²) in [5.41, 5.74) is 0.450. The predicted octanol–water partition coefficient (Wildman–Crippen LogP) is 7.84. The van der Waals surface area contributed by atoms with Crippen LogP contribution in [0.2, 0.25) is 0 Å². The molecule has 0 aromatic heterocycles. The SMILES string of the molecule is COc1ccc([C@H](O)P(=O)(O[C@@H]2C[C@H](C)CC[C@@H]2C(C)C)O[C@@H]2C[C@H](C)CC[C@H]2C(C)C)cc1OC. The molecule has 0 bridgehead atoms. The third-order valence-corrected chi connectivity index (χ3v) is 10.5. The number of rotatable bonds is 10. The first-order valence-corrected chi connectivity index (χ1v) is 15.5. The molecule has 2 fully saturated rings. The smallest absolute Gasteiger partial charge is 0.363 e. The van der Waals surface area contributed by atoms with Crippen LogP contribution in [0.1, 0.15) is 91.5 Å². The van der Waals surface area contributed by atoms with Crippen LogP contribution in [0.4, 0.5) is 0 Å². The van der Waals surface area contributed by atoms with Gasteiger partial charge in [-0.25, -0.2) is 0 Å². The average molecular weight is 525 g/mol. The Morgan fingerprint density at radius 3 is 1.69 bits per heavy atom. The van der Waals surface area contributed by atoms with Gasteiger partial charge in [0, 0.05) is 0 Å². The maximum Gasteiger partial charge on any atom is 0.363 e. The highest BCUT2D eigenvalue weighted by Crippen LogP contribution is 2.64. The number of ether oxygens (including phenoxy) is 2. The molecule has 206 valence electrons. The van der Waals surface area contributed by atoms with Crippen LogP contribution in [-0.2, 0) is 13.6 Å². The summed E-state index contributed by atoms with van der Waals surface area (Å²) in [6, 6.07) is 5.12. The lowest BCUT2D eigenvalue weighted by Gasteiger charge is -2.42. The summed E-state index contributed by atoms with van der Waals surface area (Å²) in [6.45, 7) is 13.2. The number of benzene rings is 1. The highest BCUT2D eigenvalue weighted by molar-refractivity contribution is 7.54. The first-order chi connectivity index (χ1) is 17.0. The third-order valence-electron chi connectivity index (χ3n) is 8.49. The second kappa shape index (κ2) is 12.7. The summed E-state index contributed by atoms with van der Waals surface area (Å²) in [5, 5.41) is 11.7. The van der Waals surface area contributed by atoms with Crippen molar-refractivity contribution in [2.75, 3.05) is 14.2 Å². The molecule has 3 rings (SSSR count). The molecule has 2 aliphatic rings. The van der Waals surface area contributed by atoms with Crippen LogP contribution in [0.3, 0.4) is 0 Å². The van der Waals surface area contributed by atoms with E-state index in [2.05, 4.69) is 41.5 Å².